The molecule has 0 aliphatic carbocycles. The molecule has 0 unspecified atom stereocenters. The molecule has 0 radical (unpaired) electrons. The Morgan fingerprint density at radius 2 is 2.10 bits per heavy atom. The van der Waals surface area contributed by atoms with Crippen LogP contribution in [0.5, 0.6) is 5.75 Å². The molecule has 29 heavy (non-hydrogen) atoms. The maximum Gasteiger partial charge on any atom is 0.261 e. The lowest BCUT2D eigenvalue weighted by atomic mass is 9.94. The highest BCUT2D eigenvalue weighted by molar-refractivity contribution is 6.08. The summed E-state index contributed by atoms with van der Waals surface area (Å²) in [6, 6.07) is 5.78. The number of hydrogen-bond donors (Lipinski definition) is 1. The summed E-state index contributed by atoms with van der Waals surface area (Å²) in [5.74, 6) is 0.612. The third-order valence-electron chi connectivity index (χ3n) is 5.25. The molecular formula is C21H22N4O4. The smallest absolute Gasteiger partial charge is 0.261 e. The number of carbonyl (C=O) groups excluding carboxylic acids is 1. The Kier molecular flexibility index (Phi) is 4.25. The minimum absolute atomic E-state index is 0.0127. The lowest BCUT2D eigenvalue weighted by Gasteiger charge is -2.25. The second-order valence-corrected chi connectivity index (χ2v) is 8.04. The first kappa shape index (κ1) is 18.1. The zero-order valence-corrected chi connectivity index (χ0v) is 16.3. The van der Waals surface area contributed by atoms with E-state index in [1.54, 1.807) is 23.0 Å². The summed E-state index contributed by atoms with van der Waals surface area (Å²) in [5.41, 5.74) is 3.42. The van der Waals surface area contributed by atoms with Gasteiger partial charge in [0.15, 0.2) is 5.65 Å². The summed E-state index contributed by atoms with van der Waals surface area (Å²) < 4.78 is 18.7. The van der Waals surface area contributed by atoms with Crippen LogP contribution in [0.4, 0.5) is 5.69 Å². The van der Waals surface area contributed by atoms with Gasteiger partial charge in [0.25, 0.3) is 5.91 Å². The molecule has 2 aliphatic heterocycles. The average Bonchev–Trinajstić information content (AvgIpc) is 3.27. The van der Waals surface area contributed by atoms with Crippen LogP contribution in [0, 0.1) is 0 Å². The van der Waals surface area contributed by atoms with E-state index in [0.29, 0.717) is 31.2 Å². The van der Waals surface area contributed by atoms with Gasteiger partial charge in [0, 0.05) is 36.0 Å². The van der Waals surface area contributed by atoms with Crippen molar-refractivity contribution < 1.29 is 19.0 Å². The van der Waals surface area contributed by atoms with E-state index < -0.39 is 0 Å². The topological polar surface area (TPSA) is 87.0 Å². The Labute approximate surface area is 167 Å². The Balaban J connectivity index is 1.52. The maximum absolute atomic E-state index is 13.1. The number of hydrogen-bond acceptors (Lipinski definition) is 6. The molecule has 1 amide bonds. The fourth-order valence-corrected chi connectivity index (χ4v) is 3.96. The van der Waals surface area contributed by atoms with Crippen molar-refractivity contribution in [2.45, 2.75) is 31.8 Å². The van der Waals surface area contributed by atoms with Gasteiger partial charge in [-0.05, 0) is 37.6 Å². The zero-order chi connectivity index (χ0) is 20.0. The van der Waals surface area contributed by atoms with Crippen molar-refractivity contribution in [3.63, 3.8) is 0 Å². The van der Waals surface area contributed by atoms with E-state index in [9.17, 15) is 4.79 Å². The molecule has 3 aromatic rings. The average molecular weight is 394 g/mol. The first-order chi connectivity index (χ1) is 14.0. The molecule has 0 bridgehead atoms. The third kappa shape index (κ3) is 3.34. The van der Waals surface area contributed by atoms with E-state index in [-0.39, 0.29) is 17.4 Å². The quantitative estimate of drug-likeness (QED) is 0.735. The number of aromatic nitrogens is 3. The van der Waals surface area contributed by atoms with Gasteiger partial charge in [-0.15, -0.1) is 0 Å². The third-order valence-corrected chi connectivity index (χ3v) is 5.25. The molecule has 1 N–H and O–H groups in total. The van der Waals surface area contributed by atoms with Crippen LogP contribution in [0.1, 0.15) is 41.3 Å². The van der Waals surface area contributed by atoms with Gasteiger partial charge in [-0.2, -0.15) is 5.10 Å². The summed E-state index contributed by atoms with van der Waals surface area (Å²) >= 11 is 0. The van der Waals surface area contributed by atoms with Crippen LogP contribution in [0.25, 0.3) is 5.65 Å². The molecule has 5 rings (SSSR count). The summed E-state index contributed by atoms with van der Waals surface area (Å²) in [4.78, 5) is 17.3. The van der Waals surface area contributed by atoms with Gasteiger partial charge < -0.3 is 19.5 Å². The number of fused-ring (bicyclic) bond motifs is 2. The van der Waals surface area contributed by atoms with Gasteiger partial charge in [0.05, 0.1) is 19.4 Å². The minimum Gasteiger partial charge on any atom is -0.487 e. The lowest BCUT2D eigenvalue weighted by molar-refractivity contribution is -0.108. The second kappa shape index (κ2) is 6.82. The molecule has 8 heteroatoms. The van der Waals surface area contributed by atoms with Crippen molar-refractivity contribution in [2.24, 2.45) is 0 Å². The molecular weight excluding hydrogens is 372 g/mol. The molecule has 8 nitrogen and oxygen atoms in total. The van der Waals surface area contributed by atoms with E-state index in [0.717, 1.165) is 29.0 Å². The van der Waals surface area contributed by atoms with Crippen molar-refractivity contribution in [3.8, 4) is 5.75 Å². The number of nitrogens with zero attached hydrogens (tertiary/aromatic N) is 3. The fourth-order valence-electron chi connectivity index (χ4n) is 3.96. The number of ether oxygens (including phenoxy) is 3. The summed E-state index contributed by atoms with van der Waals surface area (Å²) in [6.45, 7) is 5.47. The predicted molar refractivity (Wildman–Crippen MR) is 105 cm³/mol. The van der Waals surface area contributed by atoms with E-state index in [2.05, 4.69) is 29.2 Å². The van der Waals surface area contributed by atoms with Gasteiger partial charge in [-0.1, -0.05) is 0 Å². The lowest BCUT2D eigenvalue weighted by Crippen LogP contribution is -2.25. The minimum atomic E-state index is -0.270. The SMILES string of the molecule is CC1(C)Cc2cc(NC(=O)c3cnn4cccnc34)c(C3COCOC3)cc2O1. The second-order valence-electron chi connectivity index (χ2n) is 8.04. The van der Waals surface area contributed by atoms with Crippen LogP contribution in [0.3, 0.4) is 0 Å². The Morgan fingerprint density at radius 1 is 1.28 bits per heavy atom. The molecule has 0 saturated carbocycles. The summed E-state index contributed by atoms with van der Waals surface area (Å²) in [7, 11) is 0. The van der Waals surface area contributed by atoms with Crippen molar-refractivity contribution in [1.29, 1.82) is 0 Å². The predicted octanol–water partition coefficient (Wildman–Crippen LogP) is 2.78. The fraction of sp³-hybridized carbons (Fsp3) is 0.381. The molecule has 2 aliphatic rings. The molecule has 4 heterocycles. The van der Waals surface area contributed by atoms with Crippen LogP contribution in [-0.2, 0) is 15.9 Å². The van der Waals surface area contributed by atoms with E-state index in [1.165, 1.54) is 6.20 Å². The largest absolute Gasteiger partial charge is 0.487 e. The van der Waals surface area contributed by atoms with Gasteiger partial charge in [-0.3, -0.25) is 4.79 Å². The number of rotatable bonds is 3. The Hall–Kier alpha value is -2.97. The monoisotopic (exact) mass is 394 g/mol. The van der Waals surface area contributed by atoms with Gasteiger partial charge in [-0.25, -0.2) is 9.50 Å². The molecule has 0 atom stereocenters. The molecule has 2 aromatic heterocycles. The summed E-state index contributed by atoms with van der Waals surface area (Å²) in [6.07, 6.45) is 5.71. The van der Waals surface area contributed by atoms with Crippen LogP contribution in [0.2, 0.25) is 0 Å². The number of amides is 1. The van der Waals surface area contributed by atoms with Crippen LogP contribution in [-0.4, -0.2) is 46.1 Å². The Morgan fingerprint density at radius 3 is 2.93 bits per heavy atom. The maximum atomic E-state index is 13.1. The van der Waals surface area contributed by atoms with Gasteiger partial charge >= 0.3 is 0 Å². The molecule has 1 fully saturated rings. The number of anilines is 1. The van der Waals surface area contributed by atoms with Crippen molar-refractivity contribution >= 4 is 17.2 Å². The first-order valence-electron chi connectivity index (χ1n) is 9.61. The van der Waals surface area contributed by atoms with Crippen molar-refractivity contribution in [1.82, 2.24) is 14.6 Å². The zero-order valence-electron chi connectivity index (χ0n) is 16.3. The molecule has 1 aromatic carbocycles. The van der Waals surface area contributed by atoms with E-state index in [1.807, 2.05) is 12.1 Å². The highest BCUT2D eigenvalue weighted by Gasteiger charge is 2.33. The van der Waals surface area contributed by atoms with E-state index in [4.69, 9.17) is 14.2 Å². The molecule has 150 valence electrons. The Bertz CT molecular complexity index is 1090. The van der Waals surface area contributed by atoms with Gasteiger partial charge in [0.2, 0.25) is 0 Å². The van der Waals surface area contributed by atoms with Gasteiger partial charge in [0.1, 0.15) is 23.7 Å². The molecule has 1 saturated heterocycles. The van der Waals surface area contributed by atoms with Crippen LogP contribution >= 0.6 is 0 Å². The number of carbonyl (C=O) groups is 1. The molecule has 0 spiro atoms. The van der Waals surface area contributed by atoms with Crippen LogP contribution < -0.4 is 10.1 Å². The van der Waals surface area contributed by atoms with Crippen molar-refractivity contribution in [2.75, 3.05) is 25.3 Å². The highest BCUT2D eigenvalue weighted by Crippen LogP contribution is 2.41. The van der Waals surface area contributed by atoms with Crippen LogP contribution in [0.15, 0.2) is 36.8 Å². The normalized spacial score (nSPS) is 18.4. The number of nitrogens with one attached hydrogen (secondary N) is 1. The summed E-state index contributed by atoms with van der Waals surface area (Å²) in [5, 5.41) is 7.26. The number of benzene rings is 1. The van der Waals surface area contributed by atoms with E-state index >= 15 is 0 Å². The van der Waals surface area contributed by atoms with Crippen molar-refractivity contribution in [3.05, 3.63) is 53.5 Å². The highest BCUT2D eigenvalue weighted by atomic mass is 16.7. The standard InChI is InChI=1S/C21H22N4O4/c1-21(2)8-13-6-17(15(7-18(13)29-21)14-10-27-12-28-11-14)24-20(26)16-9-23-25-5-3-4-22-19(16)25/h3-7,9,14H,8,10-12H2,1-2H3,(H,24,26). The first-order valence-corrected chi connectivity index (χ1v) is 9.61.